The minimum Gasteiger partial charge on any atom is -0.366 e. The van der Waals surface area contributed by atoms with Gasteiger partial charge in [-0.05, 0) is 37.1 Å². The summed E-state index contributed by atoms with van der Waals surface area (Å²) in [6.45, 7) is 4.90. The summed E-state index contributed by atoms with van der Waals surface area (Å²) < 4.78 is 0. The highest BCUT2D eigenvalue weighted by Gasteiger charge is 2.09. The predicted molar refractivity (Wildman–Crippen MR) is 100 cm³/mol. The van der Waals surface area contributed by atoms with Crippen LogP contribution in [0.4, 0.5) is 11.8 Å². The Kier molecular flexibility index (Phi) is 5.51. The lowest BCUT2D eigenvalue weighted by Gasteiger charge is -2.14. The van der Waals surface area contributed by atoms with E-state index in [-0.39, 0.29) is 0 Å². The molecule has 0 spiro atoms. The molecule has 0 saturated carbocycles. The molecule has 0 aliphatic rings. The molecule has 3 aromatic rings. The molecule has 128 valence electrons. The van der Waals surface area contributed by atoms with E-state index in [1.165, 1.54) is 0 Å². The maximum atomic E-state index is 4.63. The molecule has 0 amide bonds. The van der Waals surface area contributed by atoms with Gasteiger partial charge in [0.15, 0.2) is 0 Å². The average molecular weight is 334 g/mol. The van der Waals surface area contributed by atoms with Gasteiger partial charge in [-0.15, -0.1) is 0 Å². The molecule has 0 bridgehead atoms. The minimum atomic E-state index is 0.301. The van der Waals surface area contributed by atoms with Crippen LogP contribution in [0.5, 0.6) is 0 Å². The predicted octanol–water partition coefficient (Wildman–Crippen LogP) is 3.76. The van der Waals surface area contributed by atoms with Gasteiger partial charge in [0.25, 0.3) is 0 Å². The third-order valence-electron chi connectivity index (χ3n) is 3.87. The Labute approximate surface area is 147 Å². The van der Waals surface area contributed by atoms with E-state index in [2.05, 4.69) is 44.4 Å². The average Bonchev–Trinajstić information content (AvgIpc) is 2.67. The normalized spacial score (nSPS) is 11.8. The molecule has 1 atom stereocenters. The van der Waals surface area contributed by atoms with Crippen LogP contribution in [0.15, 0.2) is 55.1 Å². The summed E-state index contributed by atoms with van der Waals surface area (Å²) in [7, 11) is 0. The number of nitrogens with one attached hydrogen (secondary N) is 2. The van der Waals surface area contributed by atoms with Crippen LogP contribution in [-0.2, 0) is 6.54 Å². The summed E-state index contributed by atoms with van der Waals surface area (Å²) >= 11 is 0. The third-order valence-corrected chi connectivity index (χ3v) is 3.87. The van der Waals surface area contributed by atoms with Gasteiger partial charge in [0.05, 0.1) is 5.69 Å². The molecule has 0 fully saturated rings. The third kappa shape index (κ3) is 4.73. The van der Waals surface area contributed by atoms with E-state index in [0.29, 0.717) is 18.5 Å². The highest BCUT2D eigenvalue weighted by Crippen LogP contribution is 2.21. The smallest absolute Gasteiger partial charge is 0.225 e. The fourth-order valence-electron chi connectivity index (χ4n) is 2.28. The molecule has 0 aromatic carbocycles. The summed E-state index contributed by atoms with van der Waals surface area (Å²) in [4.78, 5) is 17.5. The zero-order valence-corrected chi connectivity index (χ0v) is 14.5. The zero-order valence-electron chi connectivity index (χ0n) is 14.5. The van der Waals surface area contributed by atoms with Gasteiger partial charge >= 0.3 is 0 Å². The Morgan fingerprint density at radius 2 is 1.84 bits per heavy atom. The summed E-state index contributed by atoms with van der Waals surface area (Å²) in [5, 5.41) is 6.70. The van der Waals surface area contributed by atoms with E-state index in [4.69, 9.17) is 0 Å². The van der Waals surface area contributed by atoms with E-state index in [1.54, 1.807) is 18.6 Å². The highest BCUT2D eigenvalue weighted by molar-refractivity contribution is 5.63. The quantitative estimate of drug-likeness (QED) is 0.685. The molecule has 0 aliphatic heterocycles. The molecule has 2 N–H and O–H groups in total. The Hall–Kier alpha value is -3.02. The van der Waals surface area contributed by atoms with Gasteiger partial charge in [0.1, 0.15) is 5.82 Å². The number of pyridine rings is 2. The van der Waals surface area contributed by atoms with Gasteiger partial charge in [0.2, 0.25) is 5.95 Å². The number of hydrogen-bond acceptors (Lipinski definition) is 6. The molecule has 3 aromatic heterocycles. The van der Waals surface area contributed by atoms with Crippen LogP contribution in [0.25, 0.3) is 11.3 Å². The molecule has 0 saturated heterocycles. The van der Waals surface area contributed by atoms with Crippen LogP contribution in [0.3, 0.4) is 0 Å². The van der Waals surface area contributed by atoms with Crippen LogP contribution < -0.4 is 10.6 Å². The summed E-state index contributed by atoms with van der Waals surface area (Å²) in [5.41, 5.74) is 2.89. The lowest BCUT2D eigenvalue weighted by atomic mass is 10.2. The zero-order chi connectivity index (χ0) is 17.5. The largest absolute Gasteiger partial charge is 0.366 e. The molecule has 3 heterocycles. The Balaban J connectivity index is 1.86. The highest BCUT2D eigenvalue weighted by atomic mass is 15.2. The topological polar surface area (TPSA) is 75.6 Å². The first-order valence-corrected chi connectivity index (χ1v) is 8.43. The monoisotopic (exact) mass is 334 g/mol. The number of hydrogen-bond donors (Lipinski definition) is 2. The van der Waals surface area contributed by atoms with E-state index in [1.807, 2.05) is 36.5 Å². The van der Waals surface area contributed by atoms with E-state index in [0.717, 1.165) is 29.1 Å². The van der Waals surface area contributed by atoms with Crippen molar-refractivity contribution in [3.05, 3.63) is 60.7 Å². The van der Waals surface area contributed by atoms with Crippen molar-refractivity contribution in [3.63, 3.8) is 0 Å². The summed E-state index contributed by atoms with van der Waals surface area (Å²) in [6.07, 6.45) is 8.17. The second-order valence-electron chi connectivity index (χ2n) is 5.87. The van der Waals surface area contributed by atoms with Gasteiger partial charge in [-0.1, -0.05) is 13.0 Å². The molecular weight excluding hydrogens is 312 g/mol. The molecule has 25 heavy (non-hydrogen) atoms. The van der Waals surface area contributed by atoms with E-state index < -0.39 is 0 Å². The van der Waals surface area contributed by atoms with Gasteiger partial charge in [0, 0.05) is 49.0 Å². The van der Waals surface area contributed by atoms with Crippen molar-refractivity contribution in [3.8, 4) is 11.3 Å². The van der Waals surface area contributed by atoms with Crippen molar-refractivity contribution in [2.24, 2.45) is 0 Å². The number of nitrogens with zero attached hydrogens (tertiary/aromatic N) is 4. The van der Waals surface area contributed by atoms with E-state index in [9.17, 15) is 0 Å². The van der Waals surface area contributed by atoms with Crippen molar-refractivity contribution < 1.29 is 0 Å². The number of aromatic nitrogens is 4. The fraction of sp³-hybridized carbons (Fsp3) is 0.263. The van der Waals surface area contributed by atoms with Gasteiger partial charge in [-0.3, -0.25) is 9.97 Å². The van der Waals surface area contributed by atoms with Crippen LogP contribution in [0, 0.1) is 0 Å². The van der Waals surface area contributed by atoms with Crippen molar-refractivity contribution in [2.75, 3.05) is 10.6 Å². The molecule has 3 rings (SSSR count). The second-order valence-corrected chi connectivity index (χ2v) is 5.87. The van der Waals surface area contributed by atoms with E-state index >= 15 is 0 Å². The van der Waals surface area contributed by atoms with Crippen molar-refractivity contribution in [1.29, 1.82) is 0 Å². The standard InChI is InChI=1S/C19H22N6/c1-3-14(2)23-19-24-17(16-7-5-9-21-13-16)10-18(25-19)22-12-15-6-4-8-20-11-15/h4-11,13-14H,3,12H2,1-2H3,(H2,22,23,24,25)/t14-/m1/s1. The first-order valence-electron chi connectivity index (χ1n) is 8.43. The summed E-state index contributed by atoms with van der Waals surface area (Å²) in [6, 6.07) is 10.1. The molecular formula is C19H22N6. The van der Waals surface area contributed by atoms with Gasteiger partial charge in [-0.25, -0.2) is 4.98 Å². The molecule has 0 radical (unpaired) electrons. The van der Waals surface area contributed by atoms with Crippen LogP contribution >= 0.6 is 0 Å². The van der Waals surface area contributed by atoms with Crippen molar-refractivity contribution >= 4 is 11.8 Å². The first kappa shape index (κ1) is 16.8. The minimum absolute atomic E-state index is 0.301. The Bertz CT molecular complexity index is 792. The lowest BCUT2D eigenvalue weighted by molar-refractivity contribution is 0.753. The molecule has 0 aliphatic carbocycles. The molecule has 6 heteroatoms. The number of rotatable bonds is 7. The maximum absolute atomic E-state index is 4.63. The van der Waals surface area contributed by atoms with Crippen LogP contribution in [-0.4, -0.2) is 26.0 Å². The lowest BCUT2D eigenvalue weighted by Crippen LogP contribution is -2.16. The number of anilines is 2. The fourth-order valence-corrected chi connectivity index (χ4v) is 2.28. The van der Waals surface area contributed by atoms with Crippen molar-refractivity contribution in [2.45, 2.75) is 32.9 Å². The van der Waals surface area contributed by atoms with Gasteiger partial charge < -0.3 is 10.6 Å². The summed E-state index contributed by atoms with van der Waals surface area (Å²) in [5.74, 6) is 1.38. The molecule has 6 nitrogen and oxygen atoms in total. The van der Waals surface area contributed by atoms with Crippen LogP contribution in [0.2, 0.25) is 0 Å². The Morgan fingerprint density at radius 3 is 2.52 bits per heavy atom. The molecule has 0 unspecified atom stereocenters. The van der Waals surface area contributed by atoms with Crippen molar-refractivity contribution in [1.82, 2.24) is 19.9 Å². The first-order chi connectivity index (χ1) is 12.2. The Morgan fingerprint density at radius 1 is 1.04 bits per heavy atom. The second kappa shape index (κ2) is 8.19. The van der Waals surface area contributed by atoms with Crippen LogP contribution in [0.1, 0.15) is 25.8 Å². The van der Waals surface area contributed by atoms with Gasteiger partial charge in [-0.2, -0.15) is 4.98 Å². The maximum Gasteiger partial charge on any atom is 0.225 e. The SMILES string of the molecule is CC[C@@H](C)Nc1nc(NCc2cccnc2)cc(-c2cccnc2)n1.